The number of carbonyl (C=O) groups excluding carboxylic acids is 2. The number of nitrogen functional groups attached to an aromatic ring is 1. The number of rotatable bonds is 6. The lowest BCUT2D eigenvalue weighted by Crippen LogP contribution is -2.48. The smallest absolute Gasteiger partial charge is 0.274 e. The van der Waals surface area contributed by atoms with Gasteiger partial charge in [-0.3, -0.25) is 9.59 Å². The van der Waals surface area contributed by atoms with Crippen molar-refractivity contribution in [2.45, 2.75) is 12.1 Å². The van der Waals surface area contributed by atoms with Crippen LogP contribution in [0.3, 0.4) is 0 Å². The summed E-state index contributed by atoms with van der Waals surface area (Å²) in [5, 5.41) is 15.4. The van der Waals surface area contributed by atoms with Gasteiger partial charge in [0, 0.05) is 17.3 Å². The van der Waals surface area contributed by atoms with Gasteiger partial charge in [-0.25, -0.2) is 18.7 Å². The molecule has 4 rings (SSSR count). The van der Waals surface area contributed by atoms with Crippen LogP contribution in [0.4, 0.5) is 20.3 Å². The van der Waals surface area contributed by atoms with Crippen LogP contribution in [-0.4, -0.2) is 46.1 Å². The second-order valence-electron chi connectivity index (χ2n) is 7.49. The lowest BCUT2D eigenvalue weighted by molar-refractivity contribution is -0.124. The van der Waals surface area contributed by atoms with Crippen LogP contribution in [-0.2, 0) is 9.53 Å². The van der Waals surface area contributed by atoms with Gasteiger partial charge >= 0.3 is 0 Å². The second kappa shape index (κ2) is 9.67. The lowest BCUT2D eigenvalue weighted by Gasteiger charge is -2.26. The Morgan fingerprint density at radius 3 is 2.50 bits per heavy atom. The number of ether oxygens (including phenoxy) is 1. The van der Waals surface area contributed by atoms with E-state index in [4.69, 9.17) is 22.1 Å². The zero-order valence-corrected chi connectivity index (χ0v) is 18.1. The normalized spacial score (nSPS) is 14.2. The fraction of sp³-hybridized carbons (Fsp3) is 0.182. The number of nitrogens with two attached hydrogens (primary N) is 1. The molecule has 1 aliphatic heterocycles. The van der Waals surface area contributed by atoms with Gasteiger partial charge in [0.05, 0.1) is 36.2 Å². The maximum absolute atomic E-state index is 13.4. The topological polar surface area (TPSA) is 139 Å². The van der Waals surface area contributed by atoms with Gasteiger partial charge in [0.25, 0.3) is 11.8 Å². The first-order valence-electron chi connectivity index (χ1n) is 9.97. The first kappa shape index (κ1) is 23.5. The molecule has 1 atom stereocenters. The highest BCUT2D eigenvalue weighted by atomic mass is 35.5. The Balaban J connectivity index is 1.51. The molecule has 12 heteroatoms. The number of carbonyl (C=O) groups is 2. The van der Waals surface area contributed by atoms with E-state index in [0.29, 0.717) is 24.8 Å². The first-order chi connectivity index (χ1) is 16.2. The van der Waals surface area contributed by atoms with Crippen LogP contribution in [0.2, 0.25) is 5.02 Å². The summed E-state index contributed by atoms with van der Waals surface area (Å²) >= 11 is 6.34. The van der Waals surface area contributed by atoms with Gasteiger partial charge in [0.1, 0.15) is 11.6 Å². The number of hydrogen-bond donors (Lipinski definition) is 4. The van der Waals surface area contributed by atoms with Crippen molar-refractivity contribution in [2.24, 2.45) is 0 Å². The van der Waals surface area contributed by atoms with E-state index in [9.17, 15) is 23.5 Å². The third-order valence-electron chi connectivity index (χ3n) is 4.95. The summed E-state index contributed by atoms with van der Waals surface area (Å²) in [7, 11) is 0. The number of nitrogens with one attached hydrogen (secondary N) is 2. The number of halogens is 3. The van der Waals surface area contributed by atoms with Crippen molar-refractivity contribution >= 4 is 34.9 Å². The van der Waals surface area contributed by atoms with Gasteiger partial charge in [-0.2, -0.15) is 0 Å². The summed E-state index contributed by atoms with van der Waals surface area (Å²) in [5.74, 6) is -3.31. The van der Waals surface area contributed by atoms with Gasteiger partial charge in [0.15, 0.2) is 17.6 Å². The van der Waals surface area contributed by atoms with Crippen molar-refractivity contribution < 1.29 is 28.2 Å². The van der Waals surface area contributed by atoms with Gasteiger partial charge in [0.2, 0.25) is 0 Å². The van der Waals surface area contributed by atoms with Crippen molar-refractivity contribution in [3.8, 4) is 11.3 Å². The average Bonchev–Trinajstić information content (AvgIpc) is 2.75. The number of benzene rings is 2. The predicted octanol–water partition coefficient (Wildman–Crippen LogP) is 2.46. The maximum atomic E-state index is 13.4. The van der Waals surface area contributed by atoms with E-state index in [2.05, 4.69) is 20.6 Å². The number of nitrogens with zero attached hydrogens (tertiary/aromatic N) is 2. The Hall–Kier alpha value is -3.67. The Morgan fingerprint density at radius 1 is 1.18 bits per heavy atom. The number of aliphatic hydroxyl groups excluding tert-OH is 1. The number of hydrogen-bond acceptors (Lipinski definition) is 7. The molecule has 1 aromatic heterocycles. The van der Waals surface area contributed by atoms with Crippen LogP contribution in [0.25, 0.3) is 11.3 Å². The van der Waals surface area contributed by atoms with Crippen LogP contribution < -0.4 is 16.4 Å². The van der Waals surface area contributed by atoms with Crippen molar-refractivity contribution in [2.75, 3.05) is 24.3 Å². The Labute approximate surface area is 196 Å². The molecule has 34 heavy (non-hydrogen) atoms. The quantitative estimate of drug-likeness (QED) is 0.417. The third kappa shape index (κ3) is 5.11. The molecule has 0 spiro atoms. The largest absolute Gasteiger partial charge is 0.382 e. The van der Waals surface area contributed by atoms with E-state index in [-0.39, 0.29) is 39.5 Å². The van der Waals surface area contributed by atoms with Crippen LogP contribution >= 0.6 is 11.6 Å². The molecule has 0 aliphatic carbocycles. The molecule has 1 aliphatic rings. The number of aliphatic hydroxyl groups is 1. The van der Waals surface area contributed by atoms with E-state index in [0.717, 1.165) is 12.1 Å². The lowest BCUT2D eigenvalue weighted by atomic mass is 10.1. The SMILES string of the molecule is Nc1ncc(-c2ccc(NC(=O)[C@H](O)c3cc(F)cc(F)c3)cc2Cl)nc1C(=O)NC1COC1. The van der Waals surface area contributed by atoms with E-state index in [1.807, 2.05) is 0 Å². The molecule has 0 unspecified atom stereocenters. The molecule has 3 aromatic rings. The van der Waals surface area contributed by atoms with Crippen molar-refractivity contribution in [3.63, 3.8) is 0 Å². The van der Waals surface area contributed by atoms with Crippen LogP contribution in [0.1, 0.15) is 22.2 Å². The summed E-state index contributed by atoms with van der Waals surface area (Å²) in [6, 6.07) is 6.60. The summed E-state index contributed by atoms with van der Waals surface area (Å²) in [6.45, 7) is 0.807. The van der Waals surface area contributed by atoms with Crippen molar-refractivity contribution in [1.82, 2.24) is 15.3 Å². The fourth-order valence-electron chi connectivity index (χ4n) is 3.16. The fourth-order valence-corrected chi connectivity index (χ4v) is 3.44. The summed E-state index contributed by atoms with van der Waals surface area (Å²) in [5.41, 5.74) is 6.37. The van der Waals surface area contributed by atoms with Gasteiger partial charge in [-0.15, -0.1) is 0 Å². The third-order valence-corrected chi connectivity index (χ3v) is 5.26. The highest BCUT2D eigenvalue weighted by molar-refractivity contribution is 6.33. The summed E-state index contributed by atoms with van der Waals surface area (Å²) in [6.07, 6.45) is -0.464. The number of amides is 2. The molecule has 0 bridgehead atoms. The molecule has 2 amide bonds. The summed E-state index contributed by atoms with van der Waals surface area (Å²) < 4.78 is 31.8. The molecule has 2 aromatic carbocycles. The predicted molar refractivity (Wildman–Crippen MR) is 119 cm³/mol. The Morgan fingerprint density at radius 2 is 1.88 bits per heavy atom. The van der Waals surface area contributed by atoms with Crippen LogP contribution in [0, 0.1) is 11.6 Å². The highest BCUT2D eigenvalue weighted by Crippen LogP contribution is 2.30. The second-order valence-corrected chi connectivity index (χ2v) is 7.89. The Bertz CT molecular complexity index is 1250. The molecular weight excluding hydrogens is 472 g/mol. The van der Waals surface area contributed by atoms with E-state index in [1.54, 1.807) is 0 Å². The highest BCUT2D eigenvalue weighted by Gasteiger charge is 2.24. The van der Waals surface area contributed by atoms with Crippen molar-refractivity contribution in [1.29, 1.82) is 0 Å². The first-order valence-corrected chi connectivity index (χ1v) is 10.3. The molecule has 1 fully saturated rings. The van der Waals surface area contributed by atoms with E-state index < -0.39 is 29.6 Å². The number of aromatic nitrogens is 2. The van der Waals surface area contributed by atoms with E-state index in [1.165, 1.54) is 24.4 Å². The van der Waals surface area contributed by atoms with Gasteiger partial charge in [-0.05, 0) is 35.9 Å². The molecule has 1 saturated heterocycles. The molecule has 176 valence electrons. The molecule has 0 saturated carbocycles. The molecular formula is C22H18ClF2N5O4. The minimum atomic E-state index is -1.81. The molecule has 0 radical (unpaired) electrons. The van der Waals surface area contributed by atoms with Crippen molar-refractivity contribution in [3.05, 3.63) is 70.5 Å². The summed E-state index contributed by atoms with van der Waals surface area (Å²) in [4.78, 5) is 33.1. The standard InChI is InChI=1S/C22H18ClF2N5O4/c23-16-6-13(28-22(33)19(31)10-3-11(24)5-12(25)4-10)1-2-15(16)17-7-27-20(26)18(30-17)21(32)29-14-8-34-9-14/h1-7,14,19,31H,8-9H2,(H2,26,27)(H,28,33)(H,29,32)/t19-/m1/s1. The van der Waals surface area contributed by atoms with E-state index >= 15 is 0 Å². The molecule has 9 nitrogen and oxygen atoms in total. The zero-order chi connectivity index (χ0) is 24.4. The number of anilines is 2. The minimum Gasteiger partial charge on any atom is -0.382 e. The minimum absolute atomic E-state index is 0.0516. The van der Waals surface area contributed by atoms with Crippen LogP contribution in [0.15, 0.2) is 42.6 Å². The molecule has 2 heterocycles. The van der Waals surface area contributed by atoms with Gasteiger partial charge < -0.3 is 26.2 Å². The molecule has 5 N–H and O–H groups in total. The Kier molecular flexibility index (Phi) is 6.68. The maximum Gasteiger partial charge on any atom is 0.274 e. The average molecular weight is 490 g/mol. The monoisotopic (exact) mass is 489 g/mol. The zero-order valence-electron chi connectivity index (χ0n) is 17.4. The van der Waals surface area contributed by atoms with Gasteiger partial charge in [-0.1, -0.05) is 11.6 Å². The van der Waals surface area contributed by atoms with Crippen LogP contribution in [0.5, 0.6) is 0 Å².